The van der Waals surface area contributed by atoms with Crippen LogP contribution in [0.4, 0.5) is 0 Å². The van der Waals surface area contributed by atoms with E-state index >= 15 is 0 Å². The molecule has 0 saturated carbocycles. The van der Waals surface area contributed by atoms with E-state index in [4.69, 9.17) is 12.2 Å². The van der Waals surface area contributed by atoms with Crippen molar-refractivity contribution in [3.63, 3.8) is 0 Å². The van der Waals surface area contributed by atoms with Crippen LogP contribution in [0.2, 0.25) is 0 Å². The minimum absolute atomic E-state index is 0.0719. The molecule has 0 aromatic carbocycles. The SMILES string of the molecule is CC=C(C)[C@H](O)CC(=O)N1C(=S)SC[C@@H]1C(C)C. The molecule has 5 heteroatoms. The number of hydrogen-bond acceptors (Lipinski definition) is 4. The summed E-state index contributed by atoms with van der Waals surface area (Å²) in [5, 5.41) is 9.89. The van der Waals surface area contributed by atoms with E-state index in [1.165, 1.54) is 0 Å². The summed E-state index contributed by atoms with van der Waals surface area (Å²) in [4.78, 5) is 13.9. The average molecular weight is 287 g/mol. The number of amides is 1. The van der Waals surface area contributed by atoms with Gasteiger partial charge in [-0.25, -0.2) is 0 Å². The summed E-state index contributed by atoms with van der Waals surface area (Å²) in [5.74, 6) is 1.17. The lowest BCUT2D eigenvalue weighted by Crippen LogP contribution is -2.42. The Hall–Kier alpha value is -0.390. The van der Waals surface area contributed by atoms with Gasteiger partial charge in [0.05, 0.1) is 12.5 Å². The fourth-order valence-electron chi connectivity index (χ4n) is 1.83. The van der Waals surface area contributed by atoms with Gasteiger partial charge < -0.3 is 5.11 Å². The number of aliphatic hydroxyl groups is 1. The first kappa shape index (κ1) is 15.7. The minimum Gasteiger partial charge on any atom is -0.388 e. The zero-order valence-electron chi connectivity index (χ0n) is 11.3. The first-order chi connectivity index (χ1) is 8.38. The van der Waals surface area contributed by atoms with Crippen LogP contribution in [0.5, 0.6) is 0 Å². The molecular formula is C13H21NO2S2. The summed E-state index contributed by atoms with van der Waals surface area (Å²) < 4.78 is 0.643. The molecule has 0 radical (unpaired) electrons. The van der Waals surface area contributed by atoms with Gasteiger partial charge >= 0.3 is 0 Å². The summed E-state index contributed by atoms with van der Waals surface area (Å²) in [7, 11) is 0. The van der Waals surface area contributed by atoms with Gasteiger partial charge in [-0.2, -0.15) is 0 Å². The number of rotatable bonds is 4. The van der Waals surface area contributed by atoms with Crippen LogP contribution in [0.25, 0.3) is 0 Å². The van der Waals surface area contributed by atoms with E-state index in [1.807, 2.05) is 19.9 Å². The van der Waals surface area contributed by atoms with Gasteiger partial charge in [-0.1, -0.05) is 43.9 Å². The normalized spacial score (nSPS) is 22.8. The molecule has 1 heterocycles. The molecule has 1 rings (SSSR count). The van der Waals surface area contributed by atoms with Gasteiger partial charge in [0.1, 0.15) is 4.32 Å². The molecule has 0 aliphatic carbocycles. The zero-order valence-corrected chi connectivity index (χ0v) is 13.0. The molecule has 1 saturated heterocycles. The second kappa shape index (κ2) is 6.68. The summed E-state index contributed by atoms with van der Waals surface area (Å²) >= 11 is 6.78. The minimum atomic E-state index is -0.705. The highest BCUT2D eigenvalue weighted by Crippen LogP contribution is 2.29. The summed E-state index contributed by atoms with van der Waals surface area (Å²) in [6.07, 6.45) is 1.23. The van der Waals surface area contributed by atoms with Crippen LogP contribution in [0, 0.1) is 5.92 Å². The Labute approximate surface area is 119 Å². The van der Waals surface area contributed by atoms with Gasteiger partial charge in [0.15, 0.2) is 0 Å². The quantitative estimate of drug-likeness (QED) is 0.637. The molecule has 1 aliphatic heterocycles. The second-order valence-electron chi connectivity index (χ2n) is 4.90. The highest BCUT2D eigenvalue weighted by Gasteiger charge is 2.36. The predicted molar refractivity (Wildman–Crippen MR) is 80.6 cm³/mol. The van der Waals surface area contributed by atoms with Crippen molar-refractivity contribution in [2.75, 3.05) is 5.75 Å². The third-order valence-corrected chi connectivity index (χ3v) is 4.80. The van der Waals surface area contributed by atoms with Crippen molar-refractivity contribution >= 4 is 34.2 Å². The van der Waals surface area contributed by atoms with Gasteiger partial charge in [0.2, 0.25) is 5.91 Å². The van der Waals surface area contributed by atoms with Gasteiger partial charge in [-0.3, -0.25) is 9.69 Å². The number of aliphatic hydroxyl groups excluding tert-OH is 1. The fraction of sp³-hybridized carbons (Fsp3) is 0.692. The highest BCUT2D eigenvalue weighted by molar-refractivity contribution is 8.23. The first-order valence-corrected chi connectivity index (χ1v) is 7.57. The number of carbonyl (C=O) groups excluding carboxylic acids is 1. The van der Waals surface area contributed by atoms with Crippen molar-refractivity contribution in [3.8, 4) is 0 Å². The lowest BCUT2D eigenvalue weighted by Gasteiger charge is -2.27. The Morgan fingerprint density at radius 2 is 2.28 bits per heavy atom. The maximum atomic E-state index is 12.2. The van der Waals surface area contributed by atoms with E-state index < -0.39 is 6.10 Å². The molecule has 0 aromatic heterocycles. The van der Waals surface area contributed by atoms with Crippen LogP contribution >= 0.6 is 24.0 Å². The van der Waals surface area contributed by atoms with Crippen LogP contribution in [0.1, 0.15) is 34.1 Å². The van der Waals surface area contributed by atoms with Crippen LogP contribution < -0.4 is 0 Å². The lowest BCUT2D eigenvalue weighted by molar-refractivity contribution is -0.130. The Balaban J connectivity index is 2.73. The molecular weight excluding hydrogens is 266 g/mol. The van der Waals surface area contributed by atoms with E-state index in [9.17, 15) is 9.90 Å². The molecule has 0 aromatic rings. The number of carbonyl (C=O) groups is 1. The molecule has 1 fully saturated rings. The highest BCUT2D eigenvalue weighted by atomic mass is 32.2. The van der Waals surface area contributed by atoms with Crippen LogP contribution in [-0.4, -0.2) is 38.1 Å². The molecule has 0 bridgehead atoms. The lowest BCUT2D eigenvalue weighted by atomic mass is 10.0. The maximum Gasteiger partial charge on any atom is 0.231 e. The van der Waals surface area contributed by atoms with Crippen molar-refractivity contribution in [1.82, 2.24) is 4.90 Å². The van der Waals surface area contributed by atoms with Crippen LogP contribution in [0.3, 0.4) is 0 Å². The summed E-state index contributed by atoms with van der Waals surface area (Å²) in [5.41, 5.74) is 0.821. The van der Waals surface area contributed by atoms with E-state index in [0.717, 1.165) is 11.3 Å². The topological polar surface area (TPSA) is 40.5 Å². The number of hydrogen-bond donors (Lipinski definition) is 1. The van der Waals surface area contributed by atoms with Crippen molar-refractivity contribution in [2.24, 2.45) is 5.92 Å². The fourth-order valence-corrected chi connectivity index (χ4v) is 3.50. The molecule has 3 nitrogen and oxygen atoms in total. The van der Waals surface area contributed by atoms with Gasteiger partial charge in [-0.15, -0.1) is 0 Å². The molecule has 1 aliphatic rings. The molecule has 1 N–H and O–H groups in total. The maximum absolute atomic E-state index is 12.2. The number of thiocarbonyl (C=S) groups is 1. The third-order valence-electron chi connectivity index (χ3n) is 3.29. The third kappa shape index (κ3) is 3.56. The molecule has 1 amide bonds. The van der Waals surface area contributed by atoms with Gasteiger partial charge in [0.25, 0.3) is 0 Å². The van der Waals surface area contributed by atoms with E-state index in [1.54, 1.807) is 16.7 Å². The van der Waals surface area contributed by atoms with Crippen LogP contribution in [-0.2, 0) is 4.79 Å². The van der Waals surface area contributed by atoms with E-state index in [-0.39, 0.29) is 18.4 Å². The summed E-state index contributed by atoms with van der Waals surface area (Å²) in [6, 6.07) is 0.160. The molecule has 18 heavy (non-hydrogen) atoms. The second-order valence-corrected chi connectivity index (χ2v) is 6.56. The van der Waals surface area contributed by atoms with Gasteiger partial charge in [0, 0.05) is 11.8 Å². The largest absolute Gasteiger partial charge is 0.388 e. The average Bonchev–Trinajstić information content (AvgIpc) is 2.69. The Morgan fingerprint density at radius 3 is 2.78 bits per heavy atom. The van der Waals surface area contributed by atoms with Gasteiger partial charge in [-0.05, 0) is 25.3 Å². The smallest absolute Gasteiger partial charge is 0.231 e. The monoisotopic (exact) mass is 287 g/mol. The predicted octanol–water partition coefficient (Wildman–Crippen LogP) is 2.59. The van der Waals surface area contributed by atoms with E-state index in [0.29, 0.717) is 10.2 Å². The molecule has 0 unspecified atom stereocenters. The molecule has 102 valence electrons. The van der Waals surface area contributed by atoms with E-state index in [2.05, 4.69) is 13.8 Å². The number of allylic oxidation sites excluding steroid dienone is 1. The number of nitrogens with zero attached hydrogens (tertiary/aromatic N) is 1. The van der Waals surface area contributed by atoms with Crippen LogP contribution in [0.15, 0.2) is 11.6 Å². The Kier molecular flexibility index (Phi) is 5.82. The van der Waals surface area contributed by atoms with Crippen molar-refractivity contribution in [2.45, 2.75) is 46.3 Å². The van der Waals surface area contributed by atoms with Crippen molar-refractivity contribution in [3.05, 3.63) is 11.6 Å². The molecule has 0 spiro atoms. The Bertz CT molecular complexity index is 366. The number of thioether (sulfide) groups is 1. The summed E-state index contributed by atoms with van der Waals surface area (Å²) in [6.45, 7) is 7.87. The Morgan fingerprint density at radius 1 is 1.67 bits per heavy atom. The zero-order chi connectivity index (χ0) is 13.9. The molecule has 2 atom stereocenters. The van der Waals surface area contributed by atoms with Crippen molar-refractivity contribution < 1.29 is 9.90 Å². The first-order valence-electron chi connectivity index (χ1n) is 6.18. The van der Waals surface area contributed by atoms with Crippen molar-refractivity contribution in [1.29, 1.82) is 0 Å². The standard InChI is InChI=1S/C13H21NO2S2/c1-5-9(4)11(15)6-12(16)14-10(8(2)3)7-18-13(14)17/h5,8,10-11,15H,6-7H2,1-4H3/t10-,11-/m1/s1.